The summed E-state index contributed by atoms with van der Waals surface area (Å²) >= 11 is 0. The fourth-order valence-electron chi connectivity index (χ4n) is 2.84. The minimum absolute atomic E-state index is 0.120. The Balaban J connectivity index is 1.63. The average Bonchev–Trinajstić information content (AvgIpc) is 2.94. The van der Waals surface area contributed by atoms with Crippen LogP contribution in [0.1, 0.15) is 24.9 Å². The van der Waals surface area contributed by atoms with Gasteiger partial charge in [-0.2, -0.15) is 0 Å². The van der Waals surface area contributed by atoms with E-state index in [9.17, 15) is 18.0 Å². The third-order valence-corrected chi connectivity index (χ3v) is 5.45. The quantitative estimate of drug-likeness (QED) is 0.698. The van der Waals surface area contributed by atoms with Crippen LogP contribution in [-0.2, 0) is 21.2 Å². The third-order valence-electron chi connectivity index (χ3n) is 4.32. The van der Waals surface area contributed by atoms with Crippen LogP contribution in [0.3, 0.4) is 0 Å². The van der Waals surface area contributed by atoms with Crippen LogP contribution in [0.25, 0.3) is 11.1 Å². The number of fused-ring (bicyclic) bond motifs is 1. The van der Waals surface area contributed by atoms with E-state index >= 15 is 0 Å². The molecule has 1 amide bonds. The smallest absolute Gasteiger partial charge is 0.408 e. The Labute approximate surface area is 156 Å². The normalized spacial score (nSPS) is 12.8. The molecule has 0 aliphatic rings. The summed E-state index contributed by atoms with van der Waals surface area (Å²) in [5.74, 6) is -0.708. The second-order valence-electron chi connectivity index (χ2n) is 6.37. The van der Waals surface area contributed by atoms with Crippen molar-refractivity contribution in [2.45, 2.75) is 30.8 Å². The van der Waals surface area contributed by atoms with Gasteiger partial charge in [0.25, 0.3) is 0 Å². The molecule has 1 aromatic heterocycles. The van der Waals surface area contributed by atoms with Crippen molar-refractivity contribution in [1.29, 1.82) is 0 Å². The zero-order chi connectivity index (χ0) is 19.6. The summed E-state index contributed by atoms with van der Waals surface area (Å²) in [6, 6.07) is 13.2. The molecular formula is C19H20N2O5S. The first-order chi connectivity index (χ1) is 12.8. The van der Waals surface area contributed by atoms with Crippen LogP contribution in [-0.4, -0.2) is 25.1 Å². The zero-order valence-corrected chi connectivity index (χ0v) is 15.8. The average molecular weight is 388 g/mol. The SMILES string of the molecule is C[C@H](NC(=O)CCn1c(=O)oc2ccccc21)c1ccc(S(C)(=O)=O)cc1. The van der Waals surface area contributed by atoms with Gasteiger partial charge >= 0.3 is 5.76 Å². The van der Waals surface area contributed by atoms with Crippen LogP contribution in [0.2, 0.25) is 0 Å². The summed E-state index contributed by atoms with van der Waals surface area (Å²) in [6.07, 6.45) is 1.27. The van der Waals surface area contributed by atoms with Crippen LogP contribution in [0, 0.1) is 0 Å². The van der Waals surface area contributed by atoms with E-state index < -0.39 is 15.6 Å². The van der Waals surface area contributed by atoms with Crippen molar-refractivity contribution in [1.82, 2.24) is 9.88 Å². The number of amides is 1. The maximum Gasteiger partial charge on any atom is 0.419 e. The second-order valence-corrected chi connectivity index (χ2v) is 8.38. The van der Waals surface area contributed by atoms with E-state index in [1.165, 1.54) is 16.7 Å². The Morgan fingerprint density at radius 2 is 1.81 bits per heavy atom. The van der Waals surface area contributed by atoms with Gasteiger partial charge in [-0.15, -0.1) is 0 Å². The molecule has 0 saturated carbocycles. The number of para-hydroxylation sites is 2. The number of carbonyl (C=O) groups excluding carboxylic acids is 1. The molecule has 0 unspecified atom stereocenters. The number of oxazole rings is 1. The van der Waals surface area contributed by atoms with Gasteiger partial charge < -0.3 is 9.73 Å². The fraction of sp³-hybridized carbons (Fsp3) is 0.263. The molecule has 0 spiro atoms. The topological polar surface area (TPSA) is 98.4 Å². The van der Waals surface area contributed by atoms with Gasteiger partial charge in [-0.1, -0.05) is 24.3 Å². The maximum atomic E-state index is 12.2. The second kappa shape index (κ2) is 7.40. The molecule has 3 rings (SSSR count). The molecule has 0 radical (unpaired) electrons. The number of nitrogens with one attached hydrogen (secondary N) is 1. The molecular weight excluding hydrogens is 368 g/mol. The number of carbonyl (C=O) groups is 1. The van der Waals surface area contributed by atoms with Crippen LogP contribution in [0.5, 0.6) is 0 Å². The number of aromatic nitrogens is 1. The molecule has 27 heavy (non-hydrogen) atoms. The lowest BCUT2D eigenvalue weighted by atomic mass is 10.1. The molecule has 1 N–H and O–H groups in total. The van der Waals surface area contributed by atoms with E-state index in [2.05, 4.69) is 5.32 Å². The number of nitrogens with zero attached hydrogens (tertiary/aromatic N) is 1. The lowest BCUT2D eigenvalue weighted by Gasteiger charge is -2.15. The predicted molar refractivity (Wildman–Crippen MR) is 101 cm³/mol. The molecule has 142 valence electrons. The number of hydrogen-bond donors (Lipinski definition) is 1. The van der Waals surface area contributed by atoms with Crippen LogP contribution in [0.4, 0.5) is 0 Å². The molecule has 7 nitrogen and oxygen atoms in total. The van der Waals surface area contributed by atoms with E-state index in [0.29, 0.717) is 11.1 Å². The van der Waals surface area contributed by atoms with Gasteiger partial charge in [0.05, 0.1) is 16.5 Å². The number of sulfone groups is 1. The van der Waals surface area contributed by atoms with Crippen LogP contribution >= 0.6 is 0 Å². The Kier molecular flexibility index (Phi) is 5.18. The molecule has 0 bridgehead atoms. The first-order valence-electron chi connectivity index (χ1n) is 8.43. The summed E-state index contributed by atoms with van der Waals surface area (Å²) < 4.78 is 29.6. The van der Waals surface area contributed by atoms with E-state index in [1.807, 2.05) is 6.92 Å². The van der Waals surface area contributed by atoms with Crippen molar-refractivity contribution >= 4 is 26.8 Å². The van der Waals surface area contributed by atoms with E-state index in [1.54, 1.807) is 36.4 Å². The highest BCUT2D eigenvalue weighted by molar-refractivity contribution is 7.90. The van der Waals surface area contributed by atoms with Crippen molar-refractivity contribution in [2.75, 3.05) is 6.26 Å². The van der Waals surface area contributed by atoms with Gasteiger partial charge in [0, 0.05) is 19.2 Å². The van der Waals surface area contributed by atoms with Gasteiger partial charge in [-0.25, -0.2) is 13.2 Å². The van der Waals surface area contributed by atoms with Gasteiger partial charge in [0.2, 0.25) is 5.91 Å². The molecule has 1 atom stereocenters. The number of aryl methyl sites for hydroxylation is 1. The Morgan fingerprint density at radius 3 is 2.48 bits per heavy atom. The van der Waals surface area contributed by atoms with Crippen molar-refractivity contribution in [3.05, 3.63) is 64.6 Å². The molecule has 8 heteroatoms. The van der Waals surface area contributed by atoms with E-state index in [4.69, 9.17) is 4.42 Å². The Bertz CT molecular complexity index is 1130. The number of rotatable bonds is 6. The van der Waals surface area contributed by atoms with Gasteiger partial charge in [0.1, 0.15) is 0 Å². The highest BCUT2D eigenvalue weighted by Crippen LogP contribution is 2.17. The maximum absolute atomic E-state index is 12.2. The molecule has 0 aliphatic heterocycles. The highest BCUT2D eigenvalue weighted by Gasteiger charge is 2.14. The summed E-state index contributed by atoms with van der Waals surface area (Å²) in [4.78, 5) is 24.4. The highest BCUT2D eigenvalue weighted by atomic mass is 32.2. The predicted octanol–water partition coefficient (Wildman–Crippen LogP) is 2.27. The van der Waals surface area contributed by atoms with E-state index in [-0.39, 0.29) is 29.8 Å². The monoisotopic (exact) mass is 388 g/mol. The Hall–Kier alpha value is -2.87. The fourth-order valence-corrected chi connectivity index (χ4v) is 3.47. The molecule has 0 fully saturated rings. The van der Waals surface area contributed by atoms with Crippen molar-refractivity contribution in [3.8, 4) is 0 Å². The van der Waals surface area contributed by atoms with Gasteiger partial charge in [-0.05, 0) is 36.8 Å². The summed E-state index contributed by atoms with van der Waals surface area (Å²) in [6.45, 7) is 2.02. The van der Waals surface area contributed by atoms with Crippen molar-refractivity contribution < 1.29 is 17.6 Å². The minimum atomic E-state index is -3.25. The lowest BCUT2D eigenvalue weighted by Crippen LogP contribution is -2.28. The zero-order valence-electron chi connectivity index (χ0n) is 15.0. The molecule has 2 aromatic carbocycles. The van der Waals surface area contributed by atoms with Gasteiger partial charge in [0.15, 0.2) is 15.4 Å². The molecule has 0 saturated heterocycles. The van der Waals surface area contributed by atoms with Crippen molar-refractivity contribution in [2.24, 2.45) is 0 Å². The standard InChI is InChI=1S/C19H20N2O5S/c1-13(14-7-9-15(10-8-14)27(2,24)25)20-18(22)11-12-21-16-5-3-4-6-17(16)26-19(21)23/h3-10,13H,11-12H2,1-2H3,(H,20,22)/t13-/m0/s1. The number of hydrogen-bond acceptors (Lipinski definition) is 5. The van der Waals surface area contributed by atoms with Gasteiger partial charge in [-0.3, -0.25) is 9.36 Å². The largest absolute Gasteiger partial charge is 0.419 e. The Morgan fingerprint density at radius 1 is 1.15 bits per heavy atom. The van der Waals surface area contributed by atoms with Crippen LogP contribution < -0.4 is 11.1 Å². The summed E-state index contributed by atoms with van der Waals surface area (Å²) in [5, 5.41) is 2.85. The first kappa shape index (κ1) is 18.9. The van der Waals surface area contributed by atoms with Crippen LogP contribution in [0.15, 0.2) is 62.6 Å². The number of benzene rings is 2. The summed E-state index contributed by atoms with van der Waals surface area (Å²) in [7, 11) is -3.25. The minimum Gasteiger partial charge on any atom is -0.408 e. The lowest BCUT2D eigenvalue weighted by molar-refractivity contribution is -0.121. The van der Waals surface area contributed by atoms with E-state index in [0.717, 1.165) is 11.8 Å². The first-order valence-corrected chi connectivity index (χ1v) is 10.3. The molecule has 3 aromatic rings. The third kappa shape index (κ3) is 4.28. The molecule has 1 heterocycles. The van der Waals surface area contributed by atoms with Crippen molar-refractivity contribution in [3.63, 3.8) is 0 Å². The summed E-state index contributed by atoms with van der Waals surface area (Å²) in [5.41, 5.74) is 1.93. The molecule has 0 aliphatic carbocycles.